The monoisotopic (exact) mass is 371 g/mol. The van der Waals surface area contributed by atoms with Gasteiger partial charge in [-0.05, 0) is 61.6 Å². The molecule has 0 aliphatic carbocycles. The molecule has 4 nitrogen and oxygen atoms in total. The summed E-state index contributed by atoms with van der Waals surface area (Å²) in [5.74, 6) is 0.398. The molecule has 1 heterocycles. The Morgan fingerprint density at radius 2 is 1.92 bits per heavy atom. The Morgan fingerprint density at radius 1 is 1.15 bits per heavy atom. The van der Waals surface area contributed by atoms with Gasteiger partial charge in [0.15, 0.2) is 6.61 Å². The first kappa shape index (κ1) is 18.3. The predicted octanol–water partition coefficient (Wildman–Crippen LogP) is 4.99. The van der Waals surface area contributed by atoms with Gasteiger partial charge in [0.2, 0.25) is 0 Å². The van der Waals surface area contributed by atoms with Crippen LogP contribution in [0.2, 0.25) is 5.02 Å². The number of nitrogens with one attached hydrogen (secondary N) is 1. The molecule has 2 aromatic carbocycles. The molecule has 0 atom stereocenters. The number of aromatic amines is 1. The topological polar surface area (TPSA) is 51.3 Å². The second-order valence-electron chi connectivity index (χ2n) is 6.34. The molecule has 136 valence electrons. The number of benzene rings is 2. The van der Waals surface area contributed by atoms with Crippen LogP contribution in [-0.2, 0) is 16.0 Å². The van der Waals surface area contributed by atoms with E-state index in [1.54, 1.807) is 0 Å². The van der Waals surface area contributed by atoms with Crippen molar-refractivity contribution in [2.45, 2.75) is 26.7 Å². The van der Waals surface area contributed by atoms with Gasteiger partial charge < -0.3 is 14.5 Å². The molecule has 0 radical (unpaired) electrons. The van der Waals surface area contributed by atoms with Gasteiger partial charge in [0.05, 0.1) is 6.61 Å². The van der Waals surface area contributed by atoms with Crippen molar-refractivity contribution in [1.82, 2.24) is 4.98 Å². The molecule has 1 aromatic heterocycles. The highest BCUT2D eigenvalue weighted by atomic mass is 35.5. The quantitative estimate of drug-likeness (QED) is 0.470. The fourth-order valence-electron chi connectivity index (χ4n) is 3.01. The number of rotatable bonds is 7. The first-order valence-electron chi connectivity index (χ1n) is 8.65. The summed E-state index contributed by atoms with van der Waals surface area (Å²) in [5, 5.41) is 1.83. The van der Waals surface area contributed by atoms with Crippen LogP contribution in [0.5, 0.6) is 5.75 Å². The number of fused-ring (bicyclic) bond motifs is 1. The number of para-hydroxylation sites is 1. The van der Waals surface area contributed by atoms with Gasteiger partial charge in [0.1, 0.15) is 5.75 Å². The SMILES string of the molecule is Cc1cccc(C)c1OCC(=O)OCCCc1c[nH]c2ccc(Cl)cc12. The van der Waals surface area contributed by atoms with Crippen LogP contribution < -0.4 is 4.74 Å². The third kappa shape index (κ3) is 4.38. The first-order valence-corrected chi connectivity index (χ1v) is 9.02. The largest absolute Gasteiger partial charge is 0.481 e. The van der Waals surface area contributed by atoms with Crippen molar-refractivity contribution in [2.75, 3.05) is 13.2 Å². The highest BCUT2D eigenvalue weighted by molar-refractivity contribution is 6.31. The number of aromatic nitrogens is 1. The molecule has 5 heteroatoms. The Kier molecular flexibility index (Phi) is 5.84. The standard InChI is InChI=1S/C21H22ClNO3/c1-14-5-3-6-15(2)21(14)26-13-20(24)25-10-4-7-16-12-23-19-9-8-17(22)11-18(16)19/h3,5-6,8-9,11-12,23H,4,7,10,13H2,1-2H3. The predicted molar refractivity (Wildman–Crippen MR) is 104 cm³/mol. The van der Waals surface area contributed by atoms with E-state index in [0.717, 1.165) is 40.6 Å². The fraction of sp³-hybridized carbons (Fsp3) is 0.286. The summed E-state index contributed by atoms with van der Waals surface area (Å²) in [6, 6.07) is 11.7. The van der Waals surface area contributed by atoms with Gasteiger partial charge in [-0.3, -0.25) is 0 Å². The van der Waals surface area contributed by atoms with Crippen LogP contribution in [0.3, 0.4) is 0 Å². The van der Waals surface area contributed by atoms with E-state index < -0.39 is 0 Å². The van der Waals surface area contributed by atoms with Gasteiger partial charge >= 0.3 is 5.97 Å². The molecule has 0 saturated heterocycles. The number of aryl methyl sites for hydroxylation is 3. The number of ether oxygens (including phenoxy) is 2. The van der Waals surface area contributed by atoms with Crippen molar-refractivity contribution in [1.29, 1.82) is 0 Å². The average molecular weight is 372 g/mol. The molecule has 0 saturated carbocycles. The number of halogens is 1. The van der Waals surface area contributed by atoms with E-state index >= 15 is 0 Å². The van der Waals surface area contributed by atoms with E-state index in [-0.39, 0.29) is 12.6 Å². The molecule has 0 fully saturated rings. The molecule has 0 amide bonds. The van der Waals surface area contributed by atoms with Gasteiger partial charge in [0, 0.05) is 22.1 Å². The zero-order valence-corrected chi connectivity index (χ0v) is 15.7. The summed E-state index contributed by atoms with van der Waals surface area (Å²) in [4.78, 5) is 15.1. The molecule has 3 aromatic rings. The highest BCUT2D eigenvalue weighted by Gasteiger charge is 2.09. The highest BCUT2D eigenvalue weighted by Crippen LogP contribution is 2.24. The maximum Gasteiger partial charge on any atom is 0.344 e. The van der Waals surface area contributed by atoms with Crippen molar-refractivity contribution in [3.8, 4) is 5.75 Å². The van der Waals surface area contributed by atoms with Crippen molar-refractivity contribution >= 4 is 28.5 Å². The lowest BCUT2D eigenvalue weighted by molar-refractivity contribution is -0.146. The van der Waals surface area contributed by atoms with Crippen LogP contribution in [0.1, 0.15) is 23.1 Å². The van der Waals surface area contributed by atoms with Crippen molar-refractivity contribution < 1.29 is 14.3 Å². The molecule has 26 heavy (non-hydrogen) atoms. The van der Waals surface area contributed by atoms with Crippen LogP contribution in [0, 0.1) is 13.8 Å². The number of H-pyrrole nitrogens is 1. The normalized spacial score (nSPS) is 10.9. The second-order valence-corrected chi connectivity index (χ2v) is 6.77. The molecule has 1 N–H and O–H groups in total. The molecule has 0 spiro atoms. The fourth-order valence-corrected chi connectivity index (χ4v) is 3.18. The van der Waals surface area contributed by atoms with Crippen molar-refractivity contribution in [3.05, 3.63) is 64.3 Å². The Labute approximate surface area is 158 Å². The number of carbonyl (C=O) groups excluding carboxylic acids is 1. The van der Waals surface area contributed by atoms with Crippen molar-refractivity contribution in [3.63, 3.8) is 0 Å². The third-order valence-corrected chi connectivity index (χ3v) is 4.56. The van der Waals surface area contributed by atoms with Gasteiger partial charge in [-0.15, -0.1) is 0 Å². The van der Waals surface area contributed by atoms with E-state index in [0.29, 0.717) is 11.6 Å². The molecule has 0 bridgehead atoms. The Morgan fingerprint density at radius 3 is 2.69 bits per heavy atom. The Hall–Kier alpha value is -2.46. The summed E-state index contributed by atoms with van der Waals surface area (Å²) >= 11 is 6.06. The summed E-state index contributed by atoms with van der Waals surface area (Å²) < 4.78 is 10.9. The van der Waals surface area contributed by atoms with E-state index in [9.17, 15) is 4.79 Å². The van der Waals surface area contributed by atoms with Gasteiger partial charge in [0.25, 0.3) is 0 Å². The third-order valence-electron chi connectivity index (χ3n) is 4.33. The number of carbonyl (C=O) groups is 1. The molecule has 3 rings (SSSR count). The minimum atomic E-state index is -0.352. The molecule has 0 aliphatic rings. The lowest BCUT2D eigenvalue weighted by Gasteiger charge is -2.11. The molecule has 0 aliphatic heterocycles. The maximum atomic E-state index is 11.9. The zero-order chi connectivity index (χ0) is 18.5. The minimum absolute atomic E-state index is 0.0750. The summed E-state index contributed by atoms with van der Waals surface area (Å²) in [7, 11) is 0. The summed E-state index contributed by atoms with van der Waals surface area (Å²) in [5.41, 5.74) is 4.25. The van der Waals surface area contributed by atoms with Crippen LogP contribution in [-0.4, -0.2) is 24.2 Å². The summed E-state index contributed by atoms with van der Waals surface area (Å²) in [6.45, 7) is 4.21. The number of hydrogen-bond acceptors (Lipinski definition) is 3. The number of esters is 1. The minimum Gasteiger partial charge on any atom is -0.481 e. The van der Waals surface area contributed by atoms with Gasteiger partial charge in [-0.2, -0.15) is 0 Å². The second kappa shape index (κ2) is 8.28. The van der Waals surface area contributed by atoms with Crippen LogP contribution in [0.4, 0.5) is 0 Å². The average Bonchev–Trinajstić information content (AvgIpc) is 3.00. The van der Waals surface area contributed by atoms with E-state index in [4.69, 9.17) is 21.1 Å². The zero-order valence-electron chi connectivity index (χ0n) is 15.0. The van der Waals surface area contributed by atoms with Crippen LogP contribution in [0.15, 0.2) is 42.6 Å². The lowest BCUT2D eigenvalue weighted by Crippen LogP contribution is -2.16. The molecule has 0 unspecified atom stereocenters. The lowest BCUT2D eigenvalue weighted by atomic mass is 10.1. The Bertz CT molecular complexity index is 897. The first-order chi connectivity index (χ1) is 12.5. The number of hydrogen-bond donors (Lipinski definition) is 1. The molecular weight excluding hydrogens is 350 g/mol. The van der Waals surface area contributed by atoms with Gasteiger partial charge in [-0.25, -0.2) is 4.79 Å². The smallest absolute Gasteiger partial charge is 0.344 e. The summed E-state index contributed by atoms with van der Waals surface area (Å²) in [6.07, 6.45) is 3.53. The van der Waals surface area contributed by atoms with E-state index in [2.05, 4.69) is 4.98 Å². The van der Waals surface area contributed by atoms with Gasteiger partial charge in [-0.1, -0.05) is 29.8 Å². The Balaban J connectivity index is 1.44. The van der Waals surface area contributed by atoms with Crippen LogP contribution in [0.25, 0.3) is 10.9 Å². The van der Waals surface area contributed by atoms with E-state index in [1.165, 1.54) is 5.56 Å². The molecular formula is C21H22ClNO3. The van der Waals surface area contributed by atoms with E-state index in [1.807, 2.05) is 56.4 Å². The van der Waals surface area contributed by atoms with Crippen LogP contribution >= 0.6 is 11.6 Å². The maximum absolute atomic E-state index is 11.9. The van der Waals surface area contributed by atoms with Crippen molar-refractivity contribution in [2.24, 2.45) is 0 Å².